The van der Waals surface area contributed by atoms with Crippen LogP contribution in [0.3, 0.4) is 0 Å². The van der Waals surface area contributed by atoms with Crippen LogP contribution >= 0.6 is 11.3 Å². The van der Waals surface area contributed by atoms with Gasteiger partial charge in [0.25, 0.3) is 0 Å². The van der Waals surface area contributed by atoms with Gasteiger partial charge in [-0.15, -0.1) is 11.3 Å². The number of hydrogen-bond acceptors (Lipinski definition) is 6. The maximum Gasteiger partial charge on any atom is 0.191 e. The number of aliphatic imine (C=N–C) groups is 1. The van der Waals surface area contributed by atoms with Gasteiger partial charge in [-0.1, -0.05) is 0 Å². The van der Waals surface area contributed by atoms with Gasteiger partial charge in [0.2, 0.25) is 0 Å². The molecule has 2 N–H and O–H groups in total. The predicted molar refractivity (Wildman–Crippen MR) is 91.5 cm³/mol. The smallest absolute Gasteiger partial charge is 0.191 e. The molecule has 9 heteroatoms. The lowest BCUT2D eigenvalue weighted by molar-refractivity contribution is 0.599. The minimum absolute atomic E-state index is 0.0597. The highest BCUT2D eigenvalue weighted by Gasteiger charge is 2.28. The zero-order chi connectivity index (χ0) is 16.2. The topological polar surface area (TPSA) is 86.7 Å². The van der Waals surface area contributed by atoms with Crippen LogP contribution in [0.25, 0.3) is 0 Å². The molecule has 1 unspecified atom stereocenters. The van der Waals surface area contributed by atoms with E-state index in [1.165, 1.54) is 0 Å². The van der Waals surface area contributed by atoms with E-state index in [-0.39, 0.29) is 17.5 Å². The van der Waals surface area contributed by atoms with E-state index in [2.05, 4.69) is 20.6 Å². The molecular weight excluding hydrogens is 322 g/mol. The number of guanidine groups is 1. The van der Waals surface area contributed by atoms with Gasteiger partial charge < -0.3 is 15.5 Å². The number of hydrogen-bond donors (Lipinski definition) is 2. The second kappa shape index (κ2) is 7.28. The van der Waals surface area contributed by atoms with Crippen LogP contribution in [0.1, 0.15) is 19.0 Å². The van der Waals surface area contributed by atoms with Crippen molar-refractivity contribution in [2.45, 2.75) is 25.9 Å². The van der Waals surface area contributed by atoms with E-state index in [1.807, 2.05) is 31.3 Å². The molecule has 1 saturated heterocycles. The third-order valence-electron chi connectivity index (χ3n) is 3.24. The molecule has 1 aliphatic heterocycles. The first kappa shape index (κ1) is 17.0. The van der Waals surface area contributed by atoms with E-state index in [1.54, 1.807) is 11.3 Å². The van der Waals surface area contributed by atoms with Crippen LogP contribution < -0.4 is 15.5 Å². The van der Waals surface area contributed by atoms with Gasteiger partial charge >= 0.3 is 0 Å². The highest BCUT2D eigenvalue weighted by atomic mass is 32.2. The Balaban J connectivity index is 1.97. The van der Waals surface area contributed by atoms with Crippen molar-refractivity contribution in [1.82, 2.24) is 15.6 Å². The third-order valence-corrected chi connectivity index (χ3v) is 6.06. The molecule has 124 valence electrons. The molecule has 0 spiro atoms. The van der Waals surface area contributed by atoms with Crippen LogP contribution in [0.15, 0.2) is 10.4 Å². The summed E-state index contributed by atoms with van der Waals surface area (Å²) in [5.74, 6) is 1.07. The average Bonchev–Trinajstić information content (AvgIpc) is 3.03. The summed E-state index contributed by atoms with van der Waals surface area (Å²) in [4.78, 5) is 10.9. The summed E-state index contributed by atoms with van der Waals surface area (Å²) in [7, 11) is 1.02. The summed E-state index contributed by atoms with van der Waals surface area (Å²) < 4.78 is 23.0. The van der Waals surface area contributed by atoms with Crippen molar-refractivity contribution in [3.63, 3.8) is 0 Å². The van der Waals surface area contributed by atoms with Gasteiger partial charge in [-0.05, 0) is 13.3 Å². The SMILES string of the molecule is CCNC(=NCc1csc(N(C)C)n1)NC1CCS(=O)(=O)C1. The normalized spacial score (nSPS) is 20.9. The number of nitrogens with zero attached hydrogens (tertiary/aromatic N) is 3. The first-order valence-corrected chi connectivity index (χ1v) is 9.96. The lowest BCUT2D eigenvalue weighted by atomic mass is 10.3. The summed E-state index contributed by atoms with van der Waals surface area (Å²) in [6, 6.07) is -0.0597. The van der Waals surface area contributed by atoms with E-state index in [4.69, 9.17) is 0 Å². The summed E-state index contributed by atoms with van der Waals surface area (Å²) in [5.41, 5.74) is 0.907. The third kappa shape index (κ3) is 4.84. The molecular formula is C13H23N5O2S2. The molecule has 2 rings (SSSR count). The van der Waals surface area contributed by atoms with Gasteiger partial charge in [0.15, 0.2) is 20.9 Å². The van der Waals surface area contributed by atoms with Crippen LogP contribution in [0.2, 0.25) is 0 Å². The van der Waals surface area contributed by atoms with Crippen LogP contribution in [0.4, 0.5) is 5.13 Å². The summed E-state index contributed by atoms with van der Waals surface area (Å²) in [5, 5.41) is 9.28. The molecule has 2 heterocycles. The van der Waals surface area contributed by atoms with Gasteiger partial charge in [-0.25, -0.2) is 18.4 Å². The van der Waals surface area contributed by atoms with Crippen molar-refractivity contribution < 1.29 is 8.42 Å². The van der Waals surface area contributed by atoms with E-state index in [9.17, 15) is 8.42 Å². The fourth-order valence-corrected chi connectivity index (χ4v) is 4.58. The molecule has 22 heavy (non-hydrogen) atoms. The number of rotatable bonds is 5. The van der Waals surface area contributed by atoms with Crippen molar-refractivity contribution in [3.8, 4) is 0 Å². The standard InChI is InChI=1S/C13H23N5O2S2/c1-4-14-12(16-10-5-6-22(19,20)9-10)15-7-11-8-21-13(17-11)18(2)3/h8,10H,4-7,9H2,1-3H3,(H2,14,15,16). The molecule has 0 amide bonds. The van der Waals surface area contributed by atoms with Gasteiger partial charge in [-0.2, -0.15) is 0 Å². The Morgan fingerprint density at radius 1 is 1.55 bits per heavy atom. The van der Waals surface area contributed by atoms with Crippen LogP contribution in [0.5, 0.6) is 0 Å². The molecule has 7 nitrogen and oxygen atoms in total. The zero-order valence-electron chi connectivity index (χ0n) is 13.2. The lowest BCUT2D eigenvalue weighted by Gasteiger charge is -2.15. The fourth-order valence-electron chi connectivity index (χ4n) is 2.16. The van der Waals surface area contributed by atoms with E-state index in [0.29, 0.717) is 18.9 Å². The fraction of sp³-hybridized carbons (Fsp3) is 0.692. The summed E-state index contributed by atoms with van der Waals surface area (Å²) in [6.45, 7) is 3.18. The number of anilines is 1. The molecule has 0 radical (unpaired) electrons. The Morgan fingerprint density at radius 3 is 2.86 bits per heavy atom. The molecule has 1 fully saturated rings. The van der Waals surface area contributed by atoms with Crippen molar-refractivity contribution in [3.05, 3.63) is 11.1 Å². The van der Waals surface area contributed by atoms with Crippen molar-refractivity contribution >= 4 is 32.3 Å². The molecule has 1 aromatic rings. The summed E-state index contributed by atoms with van der Waals surface area (Å²) in [6.07, 6.45) is 0.633. The average molecular weight is 345 g/mol. The van der Waals surface area contributed by atoms with Crippen molar-refractivity contribution in [1.29, 1.82) is 0 Å². The van der Waals surface area contributed by atoms with Gasteiger partial charge in [0.1, 0.15) is 0 Å². The highest BCUT2D eigenvalue weighted by Crippen LogP contribution is 2.18. The maximum absolute atomic E-state index is 11.5. The minimum Gasteiger partial charge on any atom is -0.357 e. The Morgan fingerprint density at radius 2 is 2.32 bits per heavy atom. The first-order valence-electron chi connectivity index (χ1n) is 7.26. The summed E-state index contributed by atoms with van der Waals surface area (Å²) >= 11 is 1.58. The van der Waals surface area contributed by atoms with Crippen molar-refractivity contribution in [2.75, 3.05) is 37.0 Å². The molecule has 1 aromatic heterocycles. The molecule has 0 aromatic carbocycles. The van der Waals surface area contributed by atoms with Crippen LogP contribution in [-0.4, -0.2) is 57.5 Å². The first-order chi connectivity index (χ1) is 10.4. The predicted octanol–water partition coefficient (Wildman–Crippen LogP) is 0.451. The molecule has 0 aliphatic carbocycles. The van der Waals surface area contributed by atoms with E-state index < -0.39 is 9.84 Å². The molecule has 1 atom stereocenters. The maximum atomic E-state index is 11.5. The Labute approximate surface area is 135 Å². The molecule has 1 aliphatic rings. The highest BCUT2D eigenvalue weighted by molar-refractivity contribution is 7.91. The molecule has 0 bridgehead atoms. The number of aromatic nitrogens is 1. The number of nitrogens with one attached hydrogen (secondary N) is 2. The number of sulfone groups is 1. The van der Waals surface area contributed by atoms with Crippen molar-refractivity contribution in [2.24, 2.45) is 4.99 Å². The Kier molecular flexibility index (Phi) is 5.63. The zero-order valence-corrected chi connectivity index (χ0v) is 14.8. The second-order valence-electron chi connectivity index (χ2n) is 5.46. The number of thiazole rings is 1. The molecule has 0 saturated carbocycles. The van der Waals surface area contributed by atoms with E-state index >= 15 is 0 Å². The second-order valence-corrected chi connectivity index (χ2v) is 8.52. The van der Waals surface area contributed by atoms with Crippen LogP contribution in [-0.2, 0) is 16.4 Å². The lowest BCUT2D eigenvalue weighted by Crippen LogP contribution is -2.44. The van der Waals surface area contributed by atoms with Gasteiger partial charge in [0, 0.05) is 32.1 Å². The van der Waals surface area contributed by atoms with E-state index in [0.717, 1.165) is 17.4 Å². The Hall–Kier alpha value is -1.35. The monoisotopic (exact) mass is 345 g/mol. The van der Waals surface area contributed by atoms with Gasteiger partial charge in [-0.3, -0.25) is 0 Å². The Bertz CT molecular complexity index is 624. The van der Waals surface area contributed by atoms with Gasteiger partial charge in [0.05, 0.1) is 23.7 Å². The largest absolute Gasteiger partial charge is 0.357 e. The minimum atomic E-state index is -2.89. The quantitative estimate of drug-likeness (QED) is 0.595. The van der Waals surface area contributed by atoms with Crippen LogP contribution in [0, 0.1) is 0 Å².